The van der Waals surface area contributed by atoms with Crippen LogP contribution in [-0.4, -0.2) is 16.1 Å². The summed E-state index contributed by atoms with van der Waals surface area (Å²) in [6.07, 6.45) is 0.498. The summed E-state index contributed by atoms with van der Waals surface area (Å²) in [7, 11) is 0. The highest BCUT2D eigenvalue weighted by Gasteiger charge is 2.16. The predicted molar refractivity (Wildman–Crippen MR) is 84.3 cm³/mol. The van der Waals surface area contributed by atoms with E-state index in [0.717, 1.165) is 5.56 Å². The summed E-state index contributed by atoms with van der Waals surface area (Å²) in [6.45, 7) is 1.65. The summed E-state index contributed by atoms with van der Waals surface area (Å²) in [5.41, 5.74) is 2.95. The molecule has 1 aromatic heterocycles. The summed E-state index contributed by atoms with van der Waals surface area (Å²) < 4.78 is 5.70. The van der Waals surface area contributed by atoms with Crippen LogP contribution in [-0.2, 0) is 11.2 Å². The van der Waals surface area contributed by atoms with Crippen molar-refractivity contribution < 1.29 is 14.3 Å². The number of benzene rings is 2. The van der Waals surface area contributed by atoms with Gasteiger partial charge in [-0.05, 0) is 36.2 Å². The van der Waals surface area contributed by atoms with Crippen molar-refractivity contribution in [2.45, 2.75) is 19.3 Å². The Kier molecular flexibility index (Phi) is 3.86. The maximum Gasteiger partial charge on any atom is 0.310 e. The Bertz CT molecular complexity index is 841. The number of oxazole rings is 1. The second-order valence-electron chi connectivity index (χ2n) is 5.16. The number of halogens is 1. The van der Waals surface area contributed by atoms with Crippen LogP contribution in [0.3, 0.4) is 0 Å². The zero-order chi connectivity index (χ0) is 15.7. The van der Waals surface area contributed by atoms with Crippen LogP contribution in [0.2, 0.25) is 5.02 Å². The molecule has 0 spiro atoms. The van der Waals surface area contributed by atoms with E-state index < -0.39 is 11.9 Å². The summed E-state index contributed by atoms with van der Waals surface area (Å²) in [5.74, 6) is -0.879. The molecule has 1 atom stereocenters. The van der Waals surface area contributed by atoms with Crippen LogP contribution in [0, 0.1) is 0 Å². The van der Waals surface area contributed by atoms with Crippen molar-refractivity contribution in [3.63, 3.8) is 0 Å². The molecular weight excluding hydrogens is 302 g/mol. The van der Waals surface area contributed by atoms with Crippen molar-refractivity contribution >= 4 is 28.7 Å². The Hall–Kier alpha value is -2.33. The van der Waals surface area contributed by atoms with Gasteiger partial charge in [-0.1, -0.05) is 35.9 Å². The van der Waals surface area contributed by atoms with Crippen LogP contribution < -0.4 is 0 Å². The van der Waals surface area contributed by atoms with E-state index in [9.17, 15) is 4.79 Å². The number of hydrogen-bond acceptors (Lipinski definition) is 3. The number of aliphatic carboxylic acids is 1. The van der Waals surface area contributed by atoms with Gasteiger partial charge in [0.2, 0.25) is 0 Å². The van der Waals surface area contributed by atoms with Crippen LogP contribution in [0.15, 0.2) is 46.9 Å². The molecule has 3 rings (SSSR count). The first-order valence-corrected chi connectivity index (χ1v) is 7.28. The molecule has 5 heteroatoms. The van der Waals surface area contributed by atoms with Crippen molar-refractivity contribution in [3.05, 3.63) is 64.5 Å². The van der Waals surface area contributed by atoms with E-state index in [1.54, 1.807) is 25.1 Å². The lowest BCUT2D eigenvalue weighted by Crippen LogP contribution is -2.06. The van der Waals surface area contributed by atoms with Gasteiger partial charge in [0.15, 0.2) is 11.5 Å². The first-order chi connectivity index (χ1) is 10.5. The molecule has 4 nitrogen and oxygen atoms in total. The van der Waals surface area contributed by atoms with Crippen LogP contribution in [0.5, 0.6) is 0 Å². The molecule has 0 radical (unpaired) electrons. The Labute approximate surface area is 132 Å². The van der Waals surface area contributed by atoms with Gasteiger partial charge in [-0.25, -0.2) is 4.98 Å². The number of hydrogen-bond donors (Lipinski definition) is 1. The molecule has 0 fully saturated rings. The standard InChI is InChI=1S/C17H14ClNO3/c1-10(17(20)21)11-6-7-15-14(8-11)19-16(22-15)9-12-4-2-3-5-13(12)18/h2-8,10H,9H2,1H3,(H,20,21). The lowest BCUT2D eigenvalue weighted by molar-refractivity contribution is -0.138. The van der Waals surface area contributed by atoms with Crippen LogP contribution in [0.4, 0.5) is 0 Å². The average molecular weight is 316 g/mol. The maximum absolute atomic E-state index is 11.1. The molecule has 0 aliphatic heterocycles. The predicted octanol–water partition coefficient (Wildman–Crippen LogP) is 4.26. The average Bonchev–Trinajstić information content (AvgIpc) is 2.90. The Morgan fingerprint density at radius 1 is 1.32 bits per heavy atom. The van der Waals surface area contributed by atoms with Gasteiger partial charge in [0.1, 0.15) is 5.52 Å². The lowest BCUT2D eigenvalue weighted by Gasteiger charge is -2.04. The van der Waals surface area contributed by atoms with E-state index in [1.807, 2.05) is 24.3 Å². The zero-order valence-corrected chi connectivity index (χ0v) is 12.7. The van der Waals surface area contributed by atoms with Gasteiger partial charge in [0.25, 0.3) is 0 Å². The number of rotatable bonds is 4. The molecule has 0 aliphatic rings. The van der Waals surface area contributed by atoms with E-state index in [0.29, 0.717) is 34.0 Å². The Balaban J connectivity index is 1.93. The van der Waals surface area contributed by atoms with Crippen molar-refractivity contribution in [2.75, 3.05) is 0 Å². The Morgan fingerprint density at radius 2 is 2.09 bits per heavy atom. The van der Waals surface area contributed by atoms with Crippen LogP contribution >= 0.6 is 11.6 Å². The molecule has 112 valence electrons. The zero-order valence-electron chi connectivity index (χ0n) is 11.9. The molecule has 1 heterocycles. The van der Waals surface area contributed by atoms with E-state index in [2.05, 4.69) is 4.98 Å². The molecule has 3 aromatic rings. The molecule has 0 saturated carbocycles. The van der Waals surface area contributed by atoms with E-state index in [4.69, 9.17) is 21.1 Å². The summed E-state index contributed by atoms with van der Waals surface area (Å²) in [4.78, 5) is 15.5. The molecule has 0 aliphatic carbocycles. The van der Waals surface area contributed by atoms with E-state index in [-0.39, 0.29) is 0 Å². The number of aromatic nitrogens is 1. The minimum atomic E-state index is -0.862. The van der Waals surface area contributed by atoms with Gasteiger partial charge in [0, 0.05) is 5.02 Å². The van der Waals surface area contributed by atoms with Gasteiger partial charge in [-0.2, -0.15) is 0 Å². The molecular formula is C17H14ClNO3. The largest absolute Gasteiger partial charge is 0.481 e. The fourth-order valence-electron chi connectivity index (χ4n) is 2.28. The fourth-order valence-corrected chi connectivity index (χ4v) is 2.49. The molecule has 2 aromatic carbocycles. The van der Waals surface area contributed by atoms with Gasteiger partial charge >= 0.3 is 5.97 Å². The normalized spacial score (nSPS) is 12.5. The fraction of sp³-hybridized carbons (Fsp3) is 0.176. The number of carboxylic acid groups (broad SMARTS) is 1. The lowest BCUT2D eigenvalue weighted by atomic mass is 10.0. The molecule has 0 bridgehead atoms. The summed E-state index contributed by atoms with van der Waals surface area (Å²) >= 11 is 6.14. The third-order valence-electron chi connectivity index (χ3n) is 3.63. The smallest absolute Gasteiger partial charge is 0.310 e. The third kappa shape index (κ3) is 2.83. The third-order valence-corrected chi connectivity index (χ3v) is 3.99. The second-order valence-corrected chi connectivity index (χ2v) is 5.57. The Morgan fingerprint density at radius 3 is 2.82 bits per heavy atom. The highest BCUT2D eigenvalue weighted by atomic mass is 35.5. The van der Waals surface area contributed by atoms with E-state index in [1.165, 1.54) is 0 Å². The van der Waals surface area contributed by atoms with Crippen LogP contribution in [0.25, 0.3) is 11.1 Å². The van der Waals surface area contributed by atoms with Crippen molar-refractivity contribution in [2.24, 2.45) is 0 Å². The van der Waals surface area contributed by atoms with Gasteiger partial charge < -0.3 is 9.52 Å². The van der Waals surface area contributed by atoms with Gasteiger partial charge in [-0.15, -0.1) is 0 Å². The van der Waals surface area contributed by atoms with E-state index >= 15 is 0 Å². The SMILES string of the molecule is CC(C(=O)O)c1ccc2oc(Cc3ccccc3Cl)nc2c1. The minimum absolute atomic E-state index is 0.498. The summed E-state index contributed by atoms with van der Waals surface area (Å²) in [6, 6.07) is 12.8. The number of carboxylic acids is 1. The quantitative estimate of drug-likeness (QED) is 0.781. The topological polar surface area (TPSA) is 63.3 Å². The van der Waals surface area contributed by atoms with Crippen molar-refractivity contribution in [1.29, 1.82) is 0 Å². The molecule has 0 amide bonds. The molecule has 22 heavy (non-hydrogen) atoms. The number of nitrogens with zero attached hydrogens (tertiary/aromatic N) is 1. The van der Waals surface area contributed by atoms with Crippen molar-refractivity contribution in [3.8, 4) is 0 Å². The monoisotopic (exact) mass is 315 g/mol. The highest BCUT2D eigenvalue weighted by molar-refractivity contribution is 6.31. The highest BCUT2D eigenvalue weighted by Crippen LogP contribution is 2.25. The number of fused-ring (bicyclic) bond motifs is 1. The molecule has 1 N–H and O–H groups in total. The molecule has 1 unspecified atom stereocenters. The first kappa shape index (κ1) is 14.6. The number of carbonyl (C=O) groups is 1. The van der Waals surface area contributed by atoms with Crippen molar-refractivity contribution in [1.82, 2.24) is 4.98 Å². The van der Waals surface area contributed by atoms with Gasteiger partial charge in [0.05, 0.1) is 12.3 Å². The summed E-state index contributed by atoms with van der Waals surface area (Å²) in [5, 5.41) is 9.75. The first-order valence-electron chi connectivity index (χ1n) is 6.90. The second kappa shape index (κ2) is 5.81. The molecule has 0 saturated heterocycles. The van der Waals surface area contributed by atoms with Gasteiger partial charge in [-0.3, -0.25) is 4.79 Å². The van der Waals surface area contributed by atoms with Crippen LogP contribution in [0.1, 0.15) is 29.9 Å². The maximum atomic E-state index is 11.1. The minimum Gasteiger partial charge on any atom is -0.481 e.